The number of benzene rings is 2. The Morgan fingerprint density at radius 1 is 0.841 bits per heavy atom. The van der Waals surface area contributed by atoms with Crippen LogP contribution in [0.1, 0.15) is 71.3 Å². The topological polar surface area (TPSA) is 94.2 Å². The minimum absolute atomic E-state index is 0.144. The van der Waals surface area contributed by atoms with E-state index in [1.807, 2.05) is 63.2 Å². The average Bonchev–Trinajstić information content (AvgIpc) is 3.40. The zero-order valence-corrected chi connectivity index (χ0v) is 26.6. The first-order chi connectivity index (χ1) is 20.9. The number of amides is 2. The minimum atomic E-state index is -0.925. The number of carbonyl (C=O) groups excluding carboxylic acids is 3. The van der Waals surface area contributed by atoms with Crippen LogP contribution >= 0.6 is 0 Å². The molecule has 2 amide bonds. The lowest BCUT2D eigenvalue weighted by Gasteiger charge is -2.55. The van der Waals surface area contributed by atoms with Crippen molar-refractivity contribution in [1.29, 1.82) is 0 Å². The van der Waals surface area contributed by atoms with Gasteiger partial charge in [0.25, 0.3) is 0 Å². The van der Waals surface area contributed by atoms with Gasteiger partial charge < -0.3 is 24.4 Å². The molecule has 8 heteroatoms. The summed E-state index contributed by atoms with van der Waals surface area (Å²) in [4.78, 5) is 42.6. The van der Waals surface area contributed by atoms with Crippen LogP contribution in [-0.4, -0.2) is 61.3 Å². The average molecular weight is 603 g/mol. The Hall–Kier alpha value is -3.39. The van der Waals surface area contributed by atoms with E-state index in [2.05, 4.69) is 17.4 Å². The molecule has 1 heterocycles. The molecule has 44 heavy (non-hydrogen) atoms. The highest BCUT2D eigenvalue weighted by Gasteiger charge is 2.55. The van der Waals surface area contributed by atoms with E-state index in [0.717, 1.165) is 36.0 Å². The maximum atomic E-state index is 14.4. The van der Waals surface area contributed by atoms with Gasteiger partial charge in [0.1, 0.15) is 23.3 Å². The second-order valence-electron chi connectivity index (χ2n) is 14.8. The van der Waals surface area contributed by atoms with E-state index in [-0.39, 0.29) is 18.9 Å². The quantitative estimate of drug-likeness (QED) is 0.386. The van der Waals surface area contributed by atoms with Crippen LogP contribution in [-0.2, 0) is 29.4 Å². The summed E-state index contributed by atoms with van der Waals surface area (Å²) in [6.07, 6.45) is 6.16. The summed E-state index contributed by atoms with van der Waals surface area (Å²) in [6.45, 7) is 5.88. The predicted octanol–water partition coefficient (Wildman–Crippen LogP) is 6.08. The normalized spacial score (nSPS) is 31.4. The fourth-order valence-electron chi connectivity index (χ4n) is 8.84. The smallest absolute Gasteiger partial charge is 0.408 e. The molecule has 1 aliphatic heterocycles. The monoisotopic (exact) mass is 602 g/mol. The molecule has 1 N–H and O–H groups in total. The third-order valence-electron chi connectivity index (χ3n) is 10.7. The summed E-state index contributed by atoms with van der Waals surface area (Å²) in [5.41, 5.74) is 1.03. The van der Waals surface area contributed by atoms with Gasteiger partial charge in [-0.05, 0) is 78.4 Å². The van der Waals surface area contributed by atoms with Crippen molar-refractivity contribution < 1.29 is 28.6 Å². The molecule has 0 aromatic heterocycles. The Balaban J connectivity index is 1.23. The van der Waals surface area contributed by atoms with Crippen molar-refractivity contribution in [3.8, 4) is 11.1 Å². The van der Waals surface area contributed by atoms with Crippen LogP contribution < -0.4 is 5.32 Å². The molecule has 5 aliphatic rings. The molecule has 8 nitrogen and oxygen atoms in total. The van der Waals surface area contributed by atoms with E-state index in [1.165, 1.54) is 31.3 Å². The molecule has 4 saturated carbocycles. The van der Waals surface area contributed by atoms with Gasteiger partial charge in [-0.25, -0.2) is 9.59 Å². The highest BCUT2D eigenvalue weighted by molar-refractivity contribution is 5.91. The van der Waals surface area contributed by atoms with E-state index in [4.69, 9.17) is 14.2 Å². The van der Waals surface area contributed by atoms with Gasteiger partial charge in [0.05, 0.1) is 13.7 Å². The molecule has 5 fully saturated rings. The van der Waals surface area contributed by atoms with Crippen LogP contribution in [0.15, 0.2) is 54.6 Å². The van der Waals surface area contributed by atoms with Crippen LogP contribution in [0.25, 0.3) is 11.1 Å². The van der Waals surface area contributed by atoms with Crippen molar-refractivity contribution in [3.63, 3.8) is 0 Å². The maximum absolute atomic E-state index is 14.4. The zero-order chi connectivity index (χ0) is 31.3. The first kappa shape index (κ1) is 30.6. The van der Waals surface area contributed by atoms with Crippen LogP contribution in [0.4, 0.5) is 4.79 Å². The summed E-state index contributed by atoms with van der Waals surface area (Å²) in [7, 11) is 2.94. The number of hydrogen-bond donors (Lipinski definition) is 1. The SMILES string of the molecule is COC(=O)[C@@H]1C[C@@](OC)(c2ccc(-c3ccccc3)cc2)CN1C(=O)C(NC(=O)OC12CC3CC(CC(C3)C1)C2)C(C)(C)C. The van der Waals surface area contributed by atoms with E-state index in [0.29, 0.717) is 17.8 Å². The molecule has 4 bridgehead atoms. The lowest BCUT2D eigenvalue weighted by molar-refractivity contribution is -0.153. The van der Waals surface area contributed by atoms with Gasteiger partial charge in [0.15, 0.2) is 0 Å². The first-order valence-corrected chi connectivity index (χ1v) is 16.0. The van der Waals surface area contributed by atoms with Crippen molar-refractivity contribution >= 4 is 18.0 Å². The molecule has 0 spiro atoms. The Labute approximate surface area is 260 Å². The largest absolute Gasteiger partial charge is 0.467 e. The second kappa shape index (κ2) is 11.5. The molecule has 2 aromatic carbocycles. The van der Waals surface area contributed by atoms with E-state index < -0.39 is 40.8 Å². The number of carbonyl (C=O) groups is 3. The summed E-state index contributed by atoms with van der Waals surface area (Å²) in [6, 6.07) is 16.4. The Morgan fingerprint density at radius 2 is 1.41 bits per heavy atom. The number of likely N-dealkylation sites (tertiary alicyclic amines) is 1. The van der Waals surface area contributed by atoms with E-state index in [9.17, 15) is 14.4 Å². The third kappa shape index (κ3) is 5.73. The second-order valence-corrected chi connectivity index (χ2v) is 14.8. The molecule has 1 unspecified atom stereocenters. The van der Waals surface area contributed by atoms with Gasteiger partial charge in [0.2, 0.25) is 5.91 Å². The van der Waals surface area contributed by atoms with E-state index in [1.54, 1.807) is 7.11 Å². The number of methoxy groups -OCH3 is 2. The standard InChI is InChI=1S/C36H46N2O6/c1-34(2,3)30(37-33(41)44-35-18-23-15-24(19-35)17-25(16-23)20-35)31(39)38-22-36(43-5,21-29(38)32(40)42-4)28-13-11-27(12-14-28)26-9-7-6-8-10-26/h6-14,23-25,29-30H,15-22H2,1-5H3,(H,37,41)/t23?,24?,25?,29-,30?,35?,36-/m0/s1. The minimum Gasteiger partial charge on any atom is -0.467 e. The Kier molecular flexibility index (Phi) is 8.02. The van der Waals surface area contributed by atoms with Crippen LogP contribution in [0.3, 0.4) is 0 Å². The summed E-state index contributed by atoms with van der Waals surface area (Å²) in [5.74, 6) is 1.02. The van der Waals surface area contributed by atoms with Crippen molar-refractivity contribution in [2.24, 2.45) is 23.2 Å². The fourth-order valence-corrected chi connectivity index (χ4v) is 8.84. The number of esters is 1. The number of ether oxygens (including phenoxy) is 3. The van der Waals surface area contributed by atoms with Crippen molar-refractivity contribution in [2.75, 3.05) is 20.8 Å². The molecular formula is C36H46N2O6. The third-order valence-corrected chi connectivity index (χ3v) is 10.7. The molecule has 2 aromatic rings. The maximum Gasteiger partial charge on any atom is 0.408 e. The number of nitrogens with zero attached hydrogens (tertiary/aromatic N) is 1. The lowest BCUT2D eigenvalue weighted by Crippen LogP contribution is -2.59. The van der Waals surface area contributed by atoms with Crippen LogP contribution in [0, 0.1) is 23.2 Å². The molecule has 236 valence electrons. The van der Waals surface area contributed by atoms with Gasteiger partial charge in [-0.1, -0.05) is 75.4 Å². The molecular weight excluding hydrogens is 556 g/mol. The van der Waals surface area contributed by atoms with Crippen LogP contribution in [0.2, 0.25) is 0 Å². The van der Waals surface area contributed by atoms with Gasteiger partial charge in [-0.3, -0.25) is 4.79 Å². The summed E-state index contributed by atoms with van der Waals surface area (Å²) >= 11 is 0. The predicted molar refractivity (Wildman–Crippen MR) is 166 cm³/mol. The van der Waals surface area contributed by atoms with Crippen molar-refractivity contribution in [1.82, 2.24) is 10.2 Å². The van der Waals surface area contributed by atoms with Gasteiger partial charge >= 0.3 is 12.1 Å². The van der Waals surface area contributed by atoms with E-state index >= 15 is 0 Å². The molecule has 1 saturated heterocycles. The number of rotatable bonds is 7. The van der Waals surface area contributed by atoms with Gasteiger partial charge in [0, 0.05) is 13.5 Å². The van der Waals surface area contributed by atoms with Crippen LogP contribution in [0.5, 0.6) is 0 Å². The fraction of sp³-hybridized carbons (Fsp3) is 0.583. The van der Waals surface area contributed by atoms with Crippen molar-refractivity contribution in [2.45, 2.75) is 89.0 Å². The molecule has 7 rings (SSSR count). The Bertz CT molecular complexity index is 1350. The lowest BCUT2D eigenvalue weighted by atomic mass is 9.54. The number of alkyl carbamates (subject to hydrolysis) is 1. The summed E-state index contributed by atoms with van der Waals surface area (Å²) in [5, 5.41) is 2.95. The molecule has 4 aliphatic carbocycles. The first-order valence-electron chi connectivity index (χ1n) is 16.0. The highest BCUT2D eigenvalue weighted by Crippen LogP contribution is 2.57. The molecule has 0 radical (unpaired) electrons. The Morgan fingerprint density at radius 3 is 1.93 bits per heavy atom. The molecule has 3 atom stereocenters. The number of hydrogen-bond acceptors (Lipinski definition) is 6. The van der Waals surface area contributed by atoms with Gasteiger partial charge in [-0.15, -0.1) is 0 Å². The number of nitrogens with one attached hydrogen (secondary N) is 1. The van der Waals surface area contributed by atoms with Crippen molar-refractivity contribution in [3.05, 3.63) is 60.2 Å². The van der Waals surface area contributed by atoms with Gasteiger partial charge in [-0.2, -0.15) is 0 Å². The highest BCUT2D eigenvalue weighted by atomic mass is 16.6. The summed E-state index contributed by atoms with van der Waals surface area (Å²) < 4.78 is 17.5. The zero-order valence-electron chi connectivity index (χ0n) is 26.6.